The molecule has 0 spiro atoms. The van der Waals surface area contributed by atoms with E-state index in [2.05, 4.69) is 20.4 Å². The van der Waals surface area contributed by atoms with Crippen LogP contribution < -0.4 is 10.6 Å². The van der Waals surface area contributed by atoms with Crippen molar-refractivity contribution >= 4 is 17.9 Å². The van der Waals surface area contributed by atoms with Crippen LogP contribution in [0.2, 0.25) is 0 Å². The van der Waals surface area contributed by atoms with E-state index < -0.39 is 48.9 Å². The minimum absolute atomic E-state index is 0.0547. The number of nitrogens with one attached hydrogen (secondary N) is 2. The molecule has 0 bridgehead atoms. The predicted octanol–water partition coefficient (Wildman–Crippen LogP) is 3.52. The number of amides is 3. The average Bonchev–Trinajstić information content (AvgIpc) is 3.42. The molecule has 2 aromatic heterocycles. The number of rotatable bonds is 8. The Morgan fingerprint density at radius 3 is 2.51 bits per heavy atom. The Morgan fingerprint density at radius 2 is 1.90 bits per heavy atom. The van der Waals surface area contributed by atoms with Crippen LogP contribution in [0.25, 0.3) is 5.78 Å². The lowest BCUT2D eigenvalue weighted by Gasteiger charge is -2.33. The zero-order valence-corrected chi connectivity index (χ0v) is 21.0. The molecule has 214 valence electrons. The van der Waals surface area contributed by atoms with Gasteiger partial charge in [0, 0.05) is 20.0 Å². The van der Waals surface area contributed by atoms with E-state index in [9.17, 15) is 31.5 Å². The van der Waals surface area contributed by atoms with Crippen molar-refractivity contribution in [3.63, 3.8) is 0 Å². The molecule has 5 rings (SSSR count). The second-order valence-electron chi connectivity index (χ2n) is 10.2. The Balaban J connectivity index is 1.41. The first-order valence-corrected chi connectivity index (χ1v) is 12.6. The van der Waals surface area contributed by atoms with E-state index in [0.29, 0.717) is 5.69 Å². The molecular formula is C23H28F5N7O4. The summed E-state index contributed by atoms with van der Waals surface area (Å²) in [5.41, 5.74) is 0.476. The maximum Gasteiger partial charge on any atom is 0.410 e. The fraction of sp³-hybridized carbons (Fsp3) is 0.696. The molecule has 3 amide bonds. The maximum absolute atomic E-state index is 13.8. The Hall–Kier alpha value is -3.30. The van der Waals surface area contributed by atoms with Gasteiger partial charge in [0.15, 0.2) is 0 Å². The number of hydrogen-bond acceptors (Lipinski definition) is 7. The molecular weight excluding hydrogens is 533 g/mol. The SMILES string of the molecule is COC[C@H](c1cnn2cc([C@@H](NC(=O)OC3CC3)C3CCC(F)(F)CC3)nc2n1)N1C[C@@H](C(F)(F)F)NC1=O. The third kappa shape index (κ3) is 6.15. The first-order valence-electron chi connectivity index (χ1n) is 12.6. The van der Waals surface area contributed by atoms with E-state index in [1.165, 1.54) is 24.0 Å². The zero-order valence-electron chi connectivity index (χ0n) is 21.0. The van der Waals surface area contributed by atoms with Gasteiger partial charge < -0.3 is 25.0 Å². The zero-order chi connectivity index (χ0) is 27.9. The molecule has 0 aromatic carbocycles. The first-order chi connectivity index (χ1) is 18.4. The number of aromatic nitrogens is 4. The van der Waals surface area contributed by atoms with E-state index in [1.54, 1.807) is 0 Å². The topological polar surface area (TPSA) is 123 Å². The number of halogens is 5. The average molecular weight is 562 g/mol. The fourth-order valence-electron chi connectivity index (χ4n) is 4.95. The number of methoxy groups -OCH3 is 1. The summed E-state index contributed by atoms with van der Waals surface area (Å²) < 4.78 is 79.0. The second-order valence-corrected chi connectivity index (χ2v) is 10.2. The Bertz CT molecular complexity index is 1210. The molecule has 2 saturated carbocycles. The van der Waals surface area contributed by atoms with Crippen molar-refractivity contribution in [3.8, 4) is 0 Å². The number of fused-ring (bicyclic) bond motifs is 1. The minimum Gasteiger partial charge on any atom is -0.446 e. The van der Waals surface area contributed by atoms with Crippen LogP contribution in [0.15, 0.2) is 12.4 Å². The van der Waals surface area contributed by atoms with Gasteiger partial charge in [0.2, 0.25) is 5.92 Å². The van der Waals surface area contributed by atoms with E-state index in [-0.39, 0.29) is 55.8 Å². The number of alkyl halides is 5. The lowest BCUT2D eigenvalue weighted by molar-refractivity contribution is -0.150. The third-order valence-electron chi connectivity index (χ3n) is 7.23. The van der Waals surface area contributed by atoms with Crippen LogP contribution in [0.1, 0.15) is 62.0 Å². The van der Waals surface area contributed by atoms with Crippen molar-refractivity contribution in [2.24, 2.45) is 5.92 Å². The van der Waals surface area contributed by atoms with Gasteiger partial charge in [-0.1, -0.05) is 0 Å². The van der Waals surface area contributed by atoms with Crippen LogP contribution in [0.3, 0.4) is 0 Å². The number of urea groups is 1. The summed E-state index contributed by atoms with van der Waals surface area (Å²) >= 11 is 0. The van der Waals surface area contributed by atoms with Crippen LogP contribution in [-0.2, 0) is 9.47 Å². The number of imidazole rings is 1. The maximum atomic E-state index is 13.8. The summed E-state index contributed by atoms with van der Waals surface area (Å²) in [6.07, 6.45) is -1.46. The third-order valence-corrected chi connectivity index (χ3v) is 7.23. The Labute approximate surface area is 219 Å². The van der Waals surface area contributed by atoms with Crippen LogP contribution >= 0.6 is 0 Å². The largest absolute Gasteiger partial charge is 0.446 e. The molecule has 39 heavy (non-hydrogen) atoms. The summed E-state index contributed by atoms with van der Waals surface area (Å²) in [5.74, 6) is -3.05. The van der Waals surface area contributed by atoms with Gasteiger partial charge in [0.1, 0.15) is 18.2 Å². The van der Waals surface area contributed by atoms with Gasteiger partial charge >= 0.3 is 18.3 Å². The summed E-state index contributed by atoms with van der Waals surface area (Å²) in [6.45, 7) is -0.784. The quantitative estimate of drug-likeness (QED) is 0.473. The number of carbonyl (C=O) groups is 2. The van der Waals surface area contributed by atoms with E-state index >= 15 is 0 Å². The van der Waals surface area contributed by atoms with Crippen LogP contribution in [0.5, 0.6) is 0 Å². The summed E-state index contributed by atoms with van der Waals surface area (Å²) in [7, 11) is 1.34. The van der Waals surface area contributed by atoms with E-state index in [1.807, 2.05) is 5.32 Å². The highest BCUT2D eigenvalue weighted by atomic mass is 19.4. The monoisotopic (exact) mass is 561 g/mol. The van der Waals surface area contributed by atoms with Gasteiger partial charge in [-0.05, 0) is 31.6 Å². The lowest BCUT2D eigenvalue weighted by Crippen LogP contribution is -2.40. The van der Waals surface area contributed by atoms with E-state index in [4.69, 9.17) is 9.47 Å². The molecule has 0 radical (unpaired) electrons. The molecule has 1 aliphatic heterocycles. The van der Waals surface area contributed by atoms with Gasteiger partial charge in [-0.3, -0.25) is 0 Å². The smallest absolute Gasteiger partial charge is 0.410 e. The second kappa shape index (κ2) is 10.4. The van der Waals surface area contributed by atoms with Crippen molar-refractivity contribution < 1.29 is 41.0 Å². The lowest BCUT2D eigenvalue weighted by atomic mass is 9.81. The highest BCUT2D eigenvalue weighted by Gasteiger charge is 2.49. The summed E-state index contributed by atoms with van der Waals surface area (Å²) in [6, 6.07) is -4.68. The van der Waals surface area contributed by atoms with Crippen molar-refractivity contribution in [2.45, 2.75) is 74.9 Å². The van der Waals surface area contributed by atoms with Crippen LogP contribution in [-0.4, -0.2) is 81.1 Å². The number of ether oxygens (including phenoxy) is 2. The molecule has 2 aliphatic carbocycles. The number of nitrogens with zero attached hydrogens (tertiary/aromatic N) is 5. The highest BCUT2D eigenvalue weighted by Crippen LogP contribution is 2.41. The predicted molar refractivity (Wildman–Crippen MR) is 123 cm³/mol. The molecule has 0 unspecified atom stereocenters. The Kier molecular flexibility index (Phi) is 7.24. The Morgan fingerprint density at radius 1 is 1.21 bits per heavy atom. The van der Waals surface area contributed by atoms with Crippen LogP contribution in [0, 0.1) is 5.92 Å². The number of hydrogen-bond donors (Lipinski definition) is 2. The molecule has 3 aliphatic rings. The van der Waals surface area contributed by atoms with Crippen molar-refractivity contribution in [1.82, 2.24) is 35.1 Å². The minimum atomic E-state index is -4.62. The molecule has 16 heteroatoms. The molecule has 3 atom stereocenters. The molecule has 3 fully saturated rings. The normalized spacial score (nSPS) is 23.5. The van der Waals surface area contributed by atoms with Gasteiger partial charge in [-0.25, -0.2) is 32.9 Å². The van der Waals surface area contributed by atoms with Gasteiger partial charge in [0.25, 0.3) is 5.78 Å². The number of carbonyl (C=O) groups excluding carboxylic acids is 2. The molecule has 11 nitrogen and oxygen atoms in total. The van der Waals surface area contributed by atoms with Gasteiger partial charge in [-0.15, -0.1) is 0 Å². The van der Waals surface area contributed by atoms with Crippen molar-refractivity contribution in [2.75, 3.05) is 20.3 Å². The number of alkyl carbamates (subject to hydrolysis) is 1. The van der Waals surface area contributed by atoms with Crippen molar-refractivity contribution in [1.29, 1.82) is 0 Å². The first kappa shape index (κ1) is 27.3. The van der Waals surface area contributed by atoms with E-state index in [0.717, 1.165) is 17.7 Å². The van der Waals surface area contributed by atoms with Crippen molar-refractivity contribution in [3.05, 3.63) is 23.8 Å². The summed E-state index contributed by atoms with van der Waals surface area (Å²) in [5, 5.41) is 8.93. The molecule has 1 saturated heterocycles. The highest BCUT2D eigenvalue weighted by molar-refractivity contribution is 5.77. The van der Waals surface area contributed by atoms with Crippen LogP contribution in [0.4, 0.5) is 31.5 Å². The fourth-order valence-corrected chi connectivity index (χ4v) is 4.95. The van der Waals surface area contributed by atoms with Gasteiger partial charge in [0.05, 0.1) is 43.0 Å². The standard InChI is InChI=1S/C23H28F5N7O4/c1-38-11-16(34-10-17(23(26,27)28)32-20(34)36)14-8-29-35-9-15(31-19(35)30-14)18(33-21(37)39-13-2-3-13)12-4-6-22(24,25)7-5-12/h8-9,12-13,16-18H,2-7,10-11H2,1H3,(H,32,36)(H,33,37)/t16-,17+,18+/m1/s1. The van der Waals surface area contributed by atoms with Gasteiger partial charge in [-0.2, -0.15) is 18.3 Å². The molecule has 3 heterocycles. The summed E-state index contributed by atoms with van der Waals surface area (Å²) in [4.78, 5) is 34.7. The molecule has 2 aromatic rings. The molecule has 2 N–H and O–H groups in total.